The SMILES string of the molecule is CC(CN1CCCCC1)NC(=O)CNC(=O)c1cccc(F)c1. The lowest BCUT2D eigenvalue weighted by molar-refractivity contribution is -0.120. The third-order valence-corrected chi connectivity index (χ3v) is 3.88. The van der Waals surface area contributed by atoms with Crippen LogP contribution in [0, 0.1) is 5.82 Å². The quantitative estimate of drug-likeness (QED) is 0.836. The second kappa shape index (κ2) is 8.62. The van der Waals surface area contributed by atoms with Crippen molar-refractivity contribution in [1.29, 1.82) is 0 Å². The summed E-state index contributed by atoms with van der Waals surface area (Å²) in [7, 11) is 0. The van der Waals surface area contributed by atoms with E-state index >= 15 is 0 Å². The Morgan fingerprint density at radius 1 is 1.26 bits per heavy atom. The molecule has 23 heavy (non-hydrogen) atoms. The smallest absolute Gasteiger partial charge is 0.251 e. The molecule has 6 heteroatoms. The lowest BCUT2D eigenvalue weighted by atomic mass is 10.1. The lowest BCUT2D eigenvalue weighted by Gasteiger charge is -2.29. The minimum atomic E-state index is -0.475. The Morgan fingerprint density at radius 2 is 2.00 bits per heavy atom. The first-order chi connectivity index (χ1) is 11.0. The van der Waals surface area contributed by atoms with Crippen molar-refractivity contribution >= 4 is 11.8 Å². The van der Waals surface area contributed by atoms with Crippen LogP contribution in [0.1, 0.15) is 36.5 Å². The van der Waals surface area contributed by atoms with Crippen molar-refractivity contribution in [3.05, 3.63) is 35.6 Å². The van der Waals surface area contributed by atoms with Gasteiger partial charge in [0.05, 0.1) is 6.54 Å². The van der Waals surface area contributed by atoms with Gasteiger partial charge in [0.1, 0.15) is 5.82 Å². The molecule has 1 saturated heterocycles. The molecular weight excluding hydrogens is 297 g/mol. The van der Waals surface area contributed by atoms with Gasteiger partial charge in [-0.1, -0.05) is 12.5 Å². The number of rotatable bonds is 6. The number of nitrogens with one attached hydrogen (secondary N) is 2. The Labute approximate surface area is 136 Å². The summed E-state index contributed by atoms with van der Waals surface area (Å²) < 4.78 is 13.1. The number of amides is 2. The maximum atomic E-state index is 13.1. The number of carbonyl (C=O) groups is 2. The van der Waals surface area contributed by atoms with Crippen molar-refractivity contribution in [3.8, 4) is 0 Å². The third kappa shape index (κ3) is 5.98. The average molecular weight is 321 g/mol. The van der Waals surface area contributed by atoms with Gasteiger partial charge in [-0.05, 0) is 51.1 Å². The molecule has 1 aromatic carbocycles. The van der Waals surface area contributed by atoms with Gasteiger partial charge in [-0.2, -0.15) is 0 Å². The number of hydrogen-bond donors (Lipinski definition) is 2. The Hall–Kier alpha value is -1.95. The maximum Gasteiger partial charge on any atom is 0.251 e. The van der Waals surface area contributed by atoms with Crippen molar-refractivity contribution in [2.45, 2.75) is 32.2 Å². The van der Waals surface area contributed by atoms with Gasteiger partial charge in [0.2, 0.25) is 5.91 Å². The second-order valence-corrected chi connectivity index (χ2v) is 6.02. The standard InChI is InChI=1S/C17H24FN3O2/c1-13(12-21-8-3-2-4-9-21)20-16(22)11-19-17(23)14-6-5-7-15(18)10-14/h5-7,10,13H,2-4,8-9,11-12H2,1H3,(H,19,23)(H,20,22). The Kier molecular flexibility index (Phi) is 6.52. The Morgan fingerprint density at radius 3 is 2.70 bits per heavy atom. The number of hydrogen-bond acceptors (Lipinski definition) is 3. The molecule has 2 rings (SSSR count). The zero-order valence-electron chi connectivity index (χ0n) is 13.5. The van der Waals surface area contributed by atoms with Crippen molar-refractivity contribution in [2.24, 2.45) is 0 Å². The molecule has 1 aliphatic rings. The summed E-state index contributed by atoms with van der Waals surface area (Å²) in [5.74, 6) is -1.17. The molecule has 1 unspecified atom stereocenters. The third-order valence-electron chi connectivity index (χ3n) is 3.88. The minimum absolute atomic E-state index is 0.0340. The van der Waals surface area contributed by atoms with E-state index in [1.54, 1.807) is 0 Å². The molecule has 0 spiro atoms. The maximum absolute atomic E-state index is 13.1. The molecule has 0 saturated carbocycles. The predicted octanol–water partition coefficient (Wildman–Crippen LogP) is 1.55. The largest absolute Gasteiger partial charge is 0.351 e. The van der Waals surface area contributed by atoms with Crippen molar-refractivity contribution in [3.63, 3.8) is 0 Å². The van der Waals surface area contributed by atoms with Gasteiger partial charge in [0.25, 0.3) is 5.91 Å². The van der Waals surface area contributed by atoms with Gasteiger partial charge >= 0.3 is 0 Å². The van der Waals surface area contributed by atoms with E-state index in [2.05, 4.69) is 15.5 Å². The fourth-order valence-electron chi connectivity index (χ4n) is 2.79. The van der Waals surface area contributed by atoms with E-state index in [1.165, 1.54) is 37.5 Å². The van der Waals surface area contributed by atoms with E-state index in [1.807, 2.05) is 6.92 Å². The van der Waals surface area contributed by atoms with Crippen LogP contribution in [-0.2, 0) is 4.79 Å². The summed E-state index contributed by atoms with van der Waals surface area (Å²) >= 11 is 0. The summed E-state index contributed by atoms with van der Waals surface area (Å²) in [6.45, 7) is 4.83. The van der Waals surface area contributed by atoms with Crippen molar-refractivity contribution in [2.75, 3.05) is 26.2 Å². The van der Waals surface area contributed by atoms with E-state index in [0.717, 1.165) is 25.7 Å². The van der Waals surface area contributed by atoms with Crippen LogP contribution in [0.4, 0.5) is 4.39 Å². The minimum Gasteiger partial charge on any atom is -0.351 e. The summed E-state index contributed by atoms with van der Waals surface area (Å²) in [4.78, 5) is 26.1. The molecule has 1 heterocycles. The zero-order chi connectivity index (χ0) is 16.7. The molecule has 1 aliphatic heterocycles. The molecular formula is C17H24FN3O2. The molecule has 1 aromatic rings. The number of carbonyl (C=O) groups excluding carboxylic acids is 2. The number of halogens is 1. The number of piperidine rings is 1. The molecule has 5 nitrogen and oxygen atoms in total. The first-order valence-corrected chi connectivity index (χ1v) is 8.10. The predicted molar refractivity (Wildman–Crippen MR) is 86.6 cm³/mol. The van der Waals surface area contributed by atoms with Gasteiger partial charge in [-0.3, -0.25) is 9.59 Å². The van der Waals surface area contributed by atoms with E-state index in [-0.39, 0.29) is 24.1 Å². The molecule has 2 amide bonds. The highest BCUT2D eigenvalue weighted by atomic mass is 19.1. The Balaban J connectivity index is 1.70. The van der Waals surface area contributed by atoms with Crippen LogP contribution in [0.3, 0.4) is 0 Å². The first kappa shape index (κ1) is 17.4. The van der Waals surface area contributed by atoms with Crippen LogP contribution in [0.15, 0.2) is 24.3 Å². The van der Waals surface area contributed by atoms with Crippen LogP contribution < -0.4 is 10.6 Å². The monoisotopic (exact) mass is 321 g/mol. The number of likely N-dealkylation sites (tertiary alicyclic amines) is 1. The molecule has 0 radical (unpaired) electrons. The molecule has 2 N–H and O–H groups in total. The molecule has 126 valence electrons. The summed E-state index contributed by atoms with van der Waals surface area (Å²) in [5.41, 5.74) is 0.208. The van der Waals surface area contributed by atoms with E-state index in [9.17, 15) is 14.0 Å². The summed E-state index contributed by atoms with van der Waals surface area (Å²) in [6.07, 6.45) is 3.71. The van der Waals surface area contributed by atoms with Gasteiger partial charge in [0, 0.05) is 18.2 Å². The molecule has 1 fully saturated rings. The van der Waals surface area contributed by atoms with Gasteiger partial charge in [0.15, 0.2) is 0 Å². The molecule has 0 bridgehead atoms. The van der Waals surface area contributed by atoms with Crippen LogP contribution in [0.2, 0.25) is 0 Å². The highest BCUT2D eigenvalue weighted by Gasteiger charge is 2.15. The fraction of sp³-hybridized carbons (Fsp3) is 0.529. The lowest BCUT2D eigenvalue weighted by Crippen LogP contribution is -2.46. The Bertz CT molecular complexity index is 544. The second-order valence-electron chi connectivity index (χ2n) is 6.02. The van der Waals surface area contributed by atoms with Gasteiger partial charge < -0.3 is 15.5 Å². The van der Waals surface area contributed by atoms with Crippen molar-refractivity contribution in [1.82, 2.24) is 15.5 Å². The number of nitrogens with zero attached hydrogens (tertiary/aromatic N) is 1. The van der Waals surface area contributed by atoms with Gasteiger partial charge in [-0.25, -0.2) is 4.39 Å². The first-order valence-electron chi connectivity index (χ1n) is 8.10. The highest BCUT2D eigenvalue weighted by Crippen LogP contribution is 2.08. The van der Waals surface area contributed by atoms with Crippen LogP contribution in [0.5, 0.6) is 0 Å². The van der Waals surface area contributed by atoms with E-state index in [0.29, 0.717) is 0 Å². The zero-order valence-corrected chi connectivity index (χ0v) is 13.5. The van der Waals surface area contributed by atoms with Crippen molar-refractivity contribution < 1.29 is 14.0 Å². The topological polar surface area (TPSA) is 61.4 Å². The van der Waals surface area contributed by atoms with E-state index in [4.69, 9.17) is 0 Å². The van der Waals surface area contributed by atoms with Gasteiger partial charge in [-0.15, -0.1) is 0 Å². The molecule has 1 atom stereocenters. The normalized spacial score (nSPS) is 16.6. The summed E-state index contributed by atoms with van der Waals surface area (Å²) in [6, 6.07) is 5.42. The number of benzene rings is 1. The summed E-state index contributed by atoms with van der Waals surface area (Å²) in [5, 5.41) is 5.38. The van der Waals surface area contributed by atoms with Crippen LogP contribution in [-0.4, -0.2) is 48.9 Å². The van der Waals surface area contributed by atoms with Crippen LogP contribution >= 0.6 is 0 Å². The molecule has 0 aliphatic carbocycles. The highest BCUT2D eigenvalue weighted by molar-refractivity contribution is 5.96. The molecule has 0 aromatic heterocycles. The van der Waals surface area contributed by atoms with E-state index < -0.39 is 11.7 Å². The fourth-order valence-corrected chi connectivity index (χ4v) is 2.79. The average Bonchev–Trinajstić information content (AvgIpc) is 2.53. The van der Waals surface area contributed by atoms with Crippen LogP contribution in [0.25, 0.3) is 0 Å².